The van der Waals surface area contributed by atoms with Crippen molar-refractivity contribution in [1.29, 1.82) is 0 Å². The van der Waals surface area contributed by atoms with Crippen LogP contribution in [0.4, 0.5) is 0 Å². The third-order valence-corrected chi connectivity index (χ3v) is 4.47. The summed E-state index contributed by atoms with van der Waals surface area (Å²) >= 11 is 0. The maximum absolute atomic E-state index is 12.3. The summed E-state index contributed by atoms with van der Waals surface area (Å²) in [4.78, 5) is 14.7. The number of rotatable bonds is 4. The van der Waals surface area contributed by atoms with Crippen molar-refractivity contribution in [3.63, 3.8) is 0 Å². The number of ether oxygens (including phenoxy) is 1. The quantitative estimate of drug-likeness (QED) is 0.766. The van der Waals surface area contributed by atoms with E-state index in [0.717, 1.165) is 45.8 Å². The van der Waals surface area contributed by atoms with Crippen LogP contribution in [0, 0.1) is 5.41 Å². The SMILES string of the molecule is CC1(C(=O)NCC(C)(C)N2CCOCC2)CCNC1. The Hall–Kier alpha value is -0.650. The summed E-state index contributed by atoms with van der Waals surface area (Å²) in [5.74, 6) is 0.179. The van der Waals surface area contributed by atoms with Gasteiger partial charge in [-0.15, -0.1) is 0 Å². The molecule has 2 aliphatic rings. The highest BCUT2D eigenvalue weighted by molar-refractivity contribution is 5.82. The molecule has 1 atom stereocenters. The van der Waals surface area contributed by atoms with E-state index < -0.39 is 0 Å². The Bertz CT molecular complexity index is 319. The van der Waals surface area contributed by atoms with Gasteiger partial charge in [-0.25, -0.2) is 0 Å². The highest BCUT2D eigenvalue weighted by Gasteiger charge is 2.37. The Morgan fingerprint density at radius 2 is 2.11 bits per heavy atom. The third-order valence-electron chi connectivity index (χ3n) is 4.47. The molecule has 5 nitrogen and oxygen atoms in total. The van der Waals surface area contributed by atoms with E-state index in [4.69, 9.17) is 4.74 Å². The molecule has 0 aromatic heterocycles. The molecular formula is C14H27N3O2. The summed E-state index contributed by atoms with van der Waals surface area (Å²) in [6.45, 7) is 12.3. The molecule has 2 aliphatic heterocycles. The van der Waals surface area contributed by atoms with Crippen molar-refractivity contribution >= 4 is 5.91 Å². The van der Waals surface area contributed by atoms with E-state index in [1.54, 1.807) is 0 Å². The fourth-order valence-electron chi connectivity index (χ4n) is 2.80. The van der Waals surface area contributed by atoms with Crippen LogP contribution in [0.15, 0.2) is 0 Å². The van der Waals surface area contributed by atoms with Gasteiger partial charge in [-0.1, -0.05) is 0 Å². The molecule has 19 heavy (non-hydrogen) atoms. The van der Waals surface area contributed by atoms with Gasteiger partial charge in [0.25, 0.3) is 0 Å². The van der Waals surface area contributed by atoms with E-state index >= 15 is 0 Å². The van der Waals surface area contributed by atoms with Gasteiger partial charge in [0, 0.05) is 31.7 Å². The first-order chi connectivity index (χ1) is 8.94. The molecule has 0 aliphatic carbocycles. The van der Waals surface area contributed by atoms with E-state index in [-0.39, 0.29) is 16.9 Å². The van der Waals surface area contributed by atoms with Gasteiger partial charge < -0.3 is 15.4 Å². The van der Waals surface area contributed by atoms with Gasteiger partial charge >= 0.3 is 0 Å². The fourth-order valence-corrected chi connectivity index (χ4v) is 2.80. The monoisotopic (exact) mass is 269 g/mol. The molecule has 0 saturated carbocycles. The number of amides is 1. The molecule has 2 fully saturated rings. The average molecular weight is 269 g/mol. The van der Waals surface area contributed by atoms with Gasteiger partial charge in [0.15, 0.2) is 0 Å². The summed E-state index contributed by atoms with van der Waals surface area (Å²) < 4.78 is 5.38. The Balaban J connectivity index is 1.84. The average Bonchev–Trinajstić information content (AvgIpc) is 2.85. The van der Waals surface area contributed by atoms with Crippen LogP contribution in [-0.4, -0.2) is 62.3 Å². The molecule has 0 spiro atoms. The lowest BCUT2D eigenvalue weighted by atomic mass is 9.88. The topological polar surface area (TPSA) is 53.6 Å². The lowest BCUT2D eigenvalue weighted by Gasteiger charge is -2.41. The number of hydrogen-bond donors (Lipinski definition) is 2. The van der Waals surface area contributed by atoms with E-state index in [2.05, 4.69) is 29.4 Å². The summed E-state index contributed by atoms with van der Waals surface area (Å²) in [6, 6.07) is 0. The molecule has 1 unspecified atom stereocenters. The second kappa shape index (κ2) is 5.77. The first kappa shape index (κ1) is 14.8. The van der Waals surface area contributed by atoms with E-state index in [0.29, 0.717) is 6.54 Å². The van der Waals surface area contributed by atoms with Gasteiger partial charge in [0.1, 0.15) is 0 Å². The van der Waals surface area contributed by atoms with Crippen LogP contribution >= 0.6 is 0 Å². The molecule has 2 heterocycles. The number of carbonyl (C=O) groups is 1. The van der Waals surface area contributed by atoms with Crippen LogP contribution in [0.3, 0.4) is 0 Å². The Labute approximate surface area is 116 Å². The lowest BCUT2D eigenvalue weighted by Crippen LogP contribution is -2.56. The second-order valence-electron chi connectivity index (χ2n) is 6.58. The zero-order valence-corrected chi connectivity index (χ0v) is 12.4. The zero-order chi connectivity index (χ0) is 13.9. The largest absolute Gasteiger partial charge is 0.379 e. The van der Waals surface area contributed by atoms with E-state index in [9.17, 15) is 4.79 Å². The molecule has 2 rings (SSSR count). The molecule has 110 valence electrons. The van der Waals surface area contributed by atoms with Crippen LogP contribution in [-0.2, 0) is 9.53 Å². The molecule has 0 aromatic carbocycles. The highest BCUT2D eigenvalue weighted by atomic mass is 16.5. The second-order valence-corrected chi connectivity index (χ2v) is 6.58. The summed E-state index contributed by atoms with van der Waals surface area (Å²) in [7, 11) is 0. The van der Waals surface area contributed by atoms with Crippen LogP contribution in [0.2, 0.25) is 0 Å². The van der Waals surface area contributed by atoms with Crippen molar-refractivity contribution < 1.29 is 9.53 Å². The normalized spacial score (nSPS) is 29.4. The standard InChI is InChI=1S/C14H27N3O2/c1-13(2,17-6-8-19-9-7-17)10-16-12(18)14(3)4-5-15-11-14/h15H,4-11H2,1-3H3,(H,16,18). The van der Waals surface area contributed by atoms with Crippen molar-refractivity contribution in [2.24, 2.45) is 5.41 Å². The van der Waals surface area contributed by atoms with Crippen molar-refractivity contribution in [3.05, 3.63) is 0 Å². The van der Waals surface area contributed by atoms with Crippen LogP contribution < -0.4 is 10.6 Å². The van der Waals surface area contributed by atoms with Gasteiger partial charge in [-0.05, 0) is 33.7 Å². The molecule has 5 heteroatoms. The fraction of sp³-hybridized carbons (Fsp3) is 0.929. The summed E-state index contributed by atoms with van der Waals surface area (Å²) in [5.41, 5.74) is -0.247. The predicted molar refractivity (Wildman–Crippen MR) is 75.1 cm³/mol. The number of nitrogens with zero attached hydrogens (tertiary/aromatic N) is 1. The lowest BCUT2D eigenvalue weighted by molar-refractivity contribution is -0.130. The van der Waals surface area contributed by atoms with E-state index in [1.807, 2.05) is 6.92 Å². The number of hydrogen-bond acceptors (Lipinski definition) is 4. The van der Waals surface area contributed by atoms with Gasteiger partial charge in [0.2, 0.25) is 5.91 Å². The first-order valence-corrected chi connectivity index (χ1v) is 7.26. The number of morpholine rings is 1. The Morgan fingerprint density at radius 3 is 2.68 bits per heavy atom. The maximum Gasteiger partial charge on any atom is 0.227 e. The number of carbonyl (C=O) groups excluding carboxylic acids is 1. The van der Waals surface area contributed by atoms with Gasteiger partial charge in [0.05, 0.1) is 18.6 Å². The van der Waals surface area contributed by atoms with Gasteiger partial charge in [-0.2, -0.15) is 0 Å². The van der Waals surface area contributed by atoms with Crippen LogP contribution in [0.1, 0.15) is 27.2 Å². The molecule has 1 amide bonds. The summed E-state index contributed by atoms with van der Waals surface area (Å²) in [6.07, 6.45) is 0.927. The number of nitrogens with one attached hydrogen (secondary N) is 2. The molecule has 2 saturated heterocycles. The van der Waals surface area contributed by atoms with Crippen molar-refractivity contribution in [3.8, 4) is 0 Å². The van der Waals surface area contributed by atoms with E-state index in [1.165, 1.54) is 0 Å². The van der Waals surface area contributed by atoms with Crippen molar-refractivity contribution in [2.75, 3.05) is 45.9 Å². The summed E-state index contributed by atoms with van der Waals surface area (Å²) in [5, 5.41) is 6.41. The highest BCUT2D eigenvalue weighted by Crippen LogP contribution is 2.25. The molecule has 2 N–H and O–H groups in total. The third kappa shape index (κ3) is 3.46. The zero-order valence-electron chi connectivity index (χ0n) is 12.4. The molecule has 0 bridgehead atoms. The van der Waals surface area contributed by atoms with Crippen molar-refractivity contribution in [2.45, 2.75) is 32.7 Å². The minimum Gasteiger partial charge on any atom is -0.379 e. The molecular weight excluding hydrogens is 242 g/mol. The van der Waals surface area contributed by atoms with Crippen LogP contribution in [0.5, 0.6) is 0 Å². The van der Waals surface area contributed by atoms with Crippen molar-refractivity contribution in [1.82, 2.24) is 15.5 Å². The Morgan fingerprint density at radius 1 is 1.42 bits per heavy atom. The maximum atomic E-state index is 12.3. The minimum absolute atomic E-state index is 0.0121. The van der Waals surface area contributed by atoms with Gasteiger partial charge in [-0.3, -0.25) is 9.69 Å². The molecule has 0 radical (unpaired) electrons. The first-order valence-electron chi connectivity index (χ1n) is 7.26. The molecule has 0 aromatic rings. The predicted octanol–water partition coefficient (Wildman–Crippen LogP) is 0.213. The Kier molecular flexibility index (Phi) is 4.48. The van der Waals surface area contributed by atoms with Crippen LogP contribution in [0.25, 0.3) is 0 Å². The smallest absolute Gasteiger partial charge is 0.227 e. The minimum atomic E-state index is -0.235.